The van der Waals surface area contributed by atoms with Gasteiger partial charge in [-0.3, -0.25) is 9.69 Å². The lowest BCUT2D eigenvalue weighted by atomic mass is 9.94. The van der Waals surface area contributed by atoms with Crippen LogP contribution in [-0.4, -0.2) is 71.9 Å². The fourth-order valence-electron chi connectivity index (χ4n) is 4.60. The molecular weight excluding hydrogens is 414 g/mol. The third kappa shape index (κ3) is 7.32. The Bertz CT molecular complexity index is 704. The summed E-state index contributed by atoms with van der Waals surface area (Å²) in [5.41, 5.74) is 1.14. The van der Waals surface area contributed by atoms with E-state index in [-0.39, 0.29) is 24.5 Å². The average molecular weight is 450 g/mol. The molecule has 1 aliphatic carbocycles. The van der Waals surface area contributed by atoms with Gasteiger partial charge in [-0.15, -0.1) is 11.8 Å². The van der Waals surface area contributed by atoms with Gasteiger partial charge in [0.1, 0.15) is 0 Å². The minimum Gasteiger partial charge on any atom is -0.481 e. The van der Waals surface area contributed by atoms with Crippen LogP contribution in [0.15, 0.2) is 41.3 Å². The Morgan fingerprint density at radius 3 is 2.68 bits per heavy atom. The number of unbranched alkanes of at least 4 members (excludes halogenated alkanes) is 1. The average Bonchev–Trinajstić information content (AvgIpc) is 3.10. The molecule has 1 saturated heterocycles. The van der Waals surface area contributed by atoms with Crippen molar-refractivity contribution < 1.29 is 24.5 Å². The quantitative estimate of drug-likeness (QED) is 0.304. The van der Waals surface area contributed by atoms with E-state index in [0.717, 1.165) is 31.5 Å². The molecule has 2 fully saturated rings. The number of carboxylic acid groups (broad SMARTS) is 1. The topological polar surface area (TPSA) is 79.2 Å². The second-order valence-corrected chi connectivity index (χ2v) is 9.18. The molecule has 31 heavy (non-hydrogen) atoms. The third-order valence-electron chi connectivity index (χ3n) is 6.21. The molecular formula is C24H35NO5S. The summed E-state index contributed by atoms with van der Waals surface area (Å²) in [6.45, 7) is 3.62. The highest BCUT2D eigenvalue weighted by Gasteiger charge is 2.45. The summed E-state index contributed by atoms with van der Waals surface area (Å²) in [4.78, 5) is 14.3. The van der Waals surface area contributed by atoms with E-state index in [1.807, 2.05) is 0 Å². The molecule has 4 unspecified atom stereocenters. The Labute approximate surface area is 189 Å². The van der Waals surface area contributed by atoms with Crippen molar-refractivity contribution in [3.05, 3.63) is 42.0 Å². The van der Waals surface area contributed by atoms with Crippen molar-refractivity contribution in [1.82, 2.24) is 4.90 Å². The number of morpholine rings is 1. The van der Waals surface area contributed by atoms with Crippen molar-refractivity contribution in [3.8, 4) is 0 Å². The molecule has 0 amide bonds. The maximum Gasteiger partial charge on any atom is 0.303 e. The number of benzene rings is 1. The Hall–Kier alpha value is -1.38. The summed E-state index contributed by atoms with van der Waals surface area (Å²) >= 11 is 1.72. The first-order chi connectivity index (χ1) is 15.1. The van der Waals surface area contributed by atoms with Gasteiger partial charge in [0.25, 0.3) is 0 Å². The molecule has 0 radical (unpaired) electrons. The highest BCUT2D eigenvalue weighted by Crippen LogP contribution is 2.36. The molecule has 1 heterocycles. The van der Waals surface area contributed by atoms with Gasteiger partial charge in [0.05, 0.1) is 32.0 Å². The number of rotatable bonds is 11. The molecule has 1 aliphatic heterocycles. The van der Waals surface area contributed by atoms with Crippen molar-refractivity contribution >= 4 is 17.7 Å². The Morgan fingerprint density at radius 1 is 1.26 bits per heavy atom. The standard InChI is InChI=1S/C24H35NO5S/c1-31-19-10-8-18(9-11-19)17-30-22-16-21(26)24(25-12-14-29-15-13-25)20(22)6-4-2-3-5-7-23(27)28/h2,4,8-11,20-22,24,26H,3,5-7,12-17H2,1H3,(H,27,28). The first-order valence-electron chi connectivity index (χ1n) is 11.2. The second kappa shape index (κ2) is 12.6. The zero-order chi connectivity index (χ0) is 22.1. The van der Waals surface area contributed by atoms with Gasteiger partial charge >= 0.3 is 5.97 Å². The van der Waals surface area contributed by atoms with Crippen LogP contribution in [0.25, 0.3) is 0 Å². The molecule has 1 aromatic rings. The van der Waals surface area contributed by atoms with Crippen LogP contribution in [0.4, 0.5) is 0 Å². The molecule has 0 spiro atoms. The van der Waals surface area contributed by atoms with Crippen LogP contribution >= 0.6 is 11.8 Å². The number of carbonyl (C=O) groups is 1. The number of hydrogen-bond acceptors (Lipinski definition) is 6. The van der Waals surface area contributed by atoms with Gasteiger partial charge in [-0.05, 0) is 43.2 Å². The molecule has 0 aromatic heterocycles. The molecule has 4 atom stereocenters. The maximum atomic E-state index is 10.9. The van der Waals surface area contributed by atoms with Crippen LogP contribution in [0.2, 0.25) is 0 Å². The van der Waals surface area contributed by atoms with Crippen LogP contribution in [0.3, 0.4) is 0 Å². The SMILES string of the molecule is CSc1ccc(COC2CC(O)C(N3CCOCC3)C2CC=CCCCC(=O)O)cc1. The number of carboxylic acids is 1. The zero-order valence-corrected chi connectivity index (χ0v) is 19.1. The molecule has 3 rings (SSSR count). The van der Waals surface area contributed by atoms with Crippen LogP contribution in [0.1, 0.15) is 37.7 Å². The molecule has 0 bridgehead atoms. The van der Waals surface area contributed by atoms with Gasteiger partial charge in [0.15, 0.2) is 0 Å². The fraction of sp³-hybridized carbons (Fsp3) is 0.625. The predicted octanol–water partition coefficient (Wildman–Crippen LogP) is 3.58. The Balaban J connectivity index is 1.61. The van der Waals surface area contributed by atoms with E-state index in [0.29, 0.717) is 32.7 Å². The Morgan fingerprint density at radius 2 is 2.00 bits per heavy atom. The summed E-state index contributed by atoms with van der Waals surface area (Å²) in [6.07, 6.45) is 8.93. The summed E-state index contributed by atoms with van der Waals surface area (Å²) in [6, 6.07) is 8.50. The molecule has 1 aromatic carbocycles. The van der Waals surface area contributed by atoms with Gasteiger partial charge in [-0.1, -0.05) is 24.3 Å². The lowest BCUT2D eigenvalue weighted by Gasteiger charge is -2.37. The highest BCUT2D eigenvalue weighted by molar-refractivity contribution is 7.98. The van der Waals surface area contributed by atoms with Crippen molar-refractivity contribution in [2.24, 2.45) is 5.92 Å². The maximum absolute atomic E-state index is 10.9. The molecule has 2 aliphatic rings. The molecule has 7 heteroatoms. The number of aliphatic hydroxyl groups excluding tert-OH is 1. The van der Waals surface area contributed by atoms with Gasteiger partial charge in [0.2, 0.25) is 0 Å². The number of allylic oxidation sites excluding steroid dienone is 2. The number of thioether (sulfide) groups is 1. The van der Waals surface area contributed by atoms with Crippen LogP contribution in [-0.2, 0) is 20.9 Å². The summed E-state index contributed by atoms with van der Waals surface area (Å²) < 4.78 is 11.8. The van der Waals surface area contributed by atoms with E-state index in [1.54, 1.807) is 11.8 Å². The lowest BCUT2D eigenvalue weighted by Crippen LogP contribution is -2.50. The van der Waals surface area contributed by atoms with Gasteiger partial charge in [0, 0.05) is 42.8 Å². The lowest BCUT2D eigenvalue weighted by molar-refractivity contribution is -0.137. The number of hydrogen-bond donors (Lipinski definition) is 2. The van der Waals surface area contributed by atoms with Crippen LogP contribution in [0, 0.1) is 5.92 Å². The zero-order valence-electron chi connectivity index (χ0n) is 18.3. The van der Waals surface area contributed by atoms with E-state index < -0.39 is 12.1 Å². The Kier molecular flexibility index (Phi) is 9.87. The number of aliphatic hydroxyl groups is 1. The summed E-state index contributed by atoms with van der Waals surface area (Å²) in [5.74, 6) is -0.548. The minimum atomic E-state index is -0.751. The molecule has 1 saturated carbocycles. The monoisotopic (exact) mass is 449 g/mol. The number of aliphatic carboxylic acids is 1. The molecule has 172 valence electrons. The van der Waals surface area contributed by atoms with Gasteiger partial charge in [-0.2, -0.15) is 0 Å². The normalized spacial score (nSPS) is 27.2. The van der Waals surface area contributed by atoms with Crippen molar-refractivity contribution in [2.45, 2.75) is 61.9 Å². The minimum absolute atomic E-state index is 0.00765. The van der Waals surface area contributed by atoms with E-state index >= 15 is 0 Å². The van der Waals surface area contributed by atoms with Gasteiger partial charge < -0.3 is 19.7 Å². The molecule has 2 N–H and O–H groups in total. The smallest absolute Gasteiger partial charge is 0.303 e. The second-order valence-electron chi connectivity index (χ2n) is 8.30. The summed E-state index contributed by atoms with van der Waals surface area (Å²) in [7, 11) is 0. The largest absolute Gasteiger partial charge is 0.481 e. The first kappa shape index (κ1) is 24.3. The number of nitrogens with zero attached hydrogens (tertiary/aromatic N) is 1. The van der Waals surface area contributed by atoms with Gasteiger partial charge in [-0.25, -0.2) is 0 Å². The highest BCUT2D eigenvalue weighted by atomic mass is 32.2. The van der Waals surface area contributed by atoms with Crippen LogP contribution < -0.4 is 0 Å². The van der Waals surface area contributed by atoms with E-state index in [2.05, 4.69) is 47.6 Å². The van der Waals surface area contributed by atoms with Crippen LogP contribution in [0.5, 0.6) is 0 Å². The van der Waals surface area contributed by atoms with Crippen molar-refractivity contribution in [2.75, 3.05) is 32.6 Å². The summed E-state index contributed by atoms with van der Waals surface area (Å²) in [5, 5.41) is 19.7. The first-order valence-corrected chi connectivity index (χ1v) is 12.4. The van der Waals surface area contributed by atoms with Crippen molar-refractivity contribution in [3.63, 3.8) is 0 Å². The van der Waals surface area contributed by atoms with E-state index in [1.165, 1.54) is 4.90 Å². The third-order valence-corrected chi connectivity index (χ3v) is 6.95. The predicted molar refractivity (Wildman–Crippen MR) is 122 cm³/mol. The fourth-order valence-corrected chi connectivity index (χ4v) is 5.01. The molecule has 6 nitrogen and oxygen atoms in total. The van der Waals surface area contributed by atoms with Crippen molar-refractivity contribution in [1.29, 1.82) is 0 Å². The van der Waals surface area contributed by atoms with E-state index in [4.69, 9.17) is 14.6 Å². The van der Waals surface area contributed by atoms with E-state index in [9.17, 15) is 9.90 Å². The number of ether oxygens (including phenoxy) is 2.